The first-order chi connectivity index (χ1) is 10.6. The minimum absolute atomic E-state index is 0.0727. The number of benzene rings is 1. The molecule has 1 aliphatic heterocycles. The summed E-state index contributed by atoms with van der Waals surface area (Å²) in [6.07, 6.45) is 3.21. The van der Waals surface area contributed by atoms with Gasteiger partial charge in [0.25, 0.3) is 5.91 Å². The number of hydrogen-bond donors (Lipinski definition) is 1. The summed E-state index contributed by atoms with van der Waals surface area (Å²) in [6.45, 7) is 5.29. The third-order valence-electron chi connectivity index (χ3n) is 4.55. The Labute approximate surface area is 131 Å². The number of likely N-dealkylation sites (tertiary alicyclic amines) is 1. The van der Waals surface area contributed by atoms with Crippen molar-refractivity contribution in [3.63, 3.8) is 0 Å². The maximum absolute atomic E-state index is 12.9. The molecule has 0 bridgehead atoms. The predicted octanol–water partition coefficient (Wildman–Crippen LogP) is 2.81. The number of aryl methyl sites for hydroxylation is 2. The molecule has 0 saturated carbocycles. The van der Waals surface area contributed by atoms with E-state index in [0.717, 1.165) is 42.4 Å². The number of aromatic nitrogens is 1. The van der Waals surface area contributed by atoms with Crippen molar-refractivity contribution in [2.75, 3.05) is 13.1 Å². The second-order valence-electron chi connectivity index (χ2n) is 6.20. The molecule has 1 amide bonds. The van der Waals surface area contributed by atoms with Crippen molar-refractivity contribution >= 4 is 16.8 Å². The Morgan fingerprint density at radius 2 is 2.14 bits per heavy atom. The van der Waals surface area contributed by atoms with Crippen LogP contribution in [0.2, 0.25) is 0 Å². The molecule has 0 aliphatic carbocycles. The van der Waals surface area contributed by atoms with Gasteiger partial charge in [0.2, 0.25) is 0 Å². The lowest BCUT2D eigenvalue weighted by Crippen LogP contribution is -2.47. The van der Waals surface area contributed by atoms with Crippen molar-refractivity contribution in [1.29, 1.82) is 0 Å². The smallest absolute Gasteiger partial charge is 0.256 e. The molecule has 1 saturated heterocycles. The van der Waals surface area contributed by atoms with Crippen molar-refractivity contribution in [2.24, 2.45) is 5.73 Å². The number of nitrogens with two attached hydrogens (primary N) is 1. The van der Waals surface area contributed by atoms with Crippen LogP contribution < -0.4 is 5.73 Å². The van der Waals surface area contributed by atoms with Crippen molar-refractivity contribution < 1.29 is 4.79 Å². The molecule has 1 aromatic heterocycles. The van der Waals surface area contributed by atoms with Gasteiger partial charge in [-0.25, -0.2) is 0 Å². The van der Waals surface area contributed by atoms with Crippen LogP contribution in [0, 0.1) is 13.8 Å². The van der Waals surface area contributed by atoms with Gasteiger partial charge in [-0.15, -0.1) is 0 Å². The molecular weight excluding hydrogens is 274 g/mol. The highest BCUT2D eigenvalue weighted by molar-refractivity contribution is 5.99. The van der Waals surface area contributed by atoms with Crippen LogP contribution in [0.15, 0.2) is 24.3 Å². The number of piperidine rings is 1. The molecule has 22 heavy (non-hydrogen) atoms. The third kappa shape index (κ3) is 2.71. The van der Waals surface area contributed by atoms with Gasteiger partial charge in [0.05, 0.1) is 16.8 Å². The summed E-state index contributed by atoms with van der Waals surface area (Å²) < 4.78 is 0. The van der Waals surface area contributed by atoms with Gasteiger partial charge in [0.15, 0.2) is 0 Å². The molecule has 0 spiro atoms. The molecule has 2 N–H and O–H groups in total. The molecular formula is C18H23N3O. The summed E-state index contributed by atoms with van der Waals surface area (Å²) in [4.78, 5) is 19.5. The van der Waals surface area contributed by atoms with Crippen LogP contribution in [0.5, 0.6) is 0 Å². The van der Waals surface area contributed by atoms with E-state index < -0.39 is 0 Å². The van der Waals surface area contributed by atoms with Crippen molar-refractivity contribution in [3.05, 3.63) is 41.1 Å². The molecule has 1 fully saturated rings. The minimum atomic E-state index is 0.0727. The van der Waals surface area contributed by atoms with Crippen molar-refractivity contribution in [3.8, 4) is 0 Å². The maximum atomic E-state index is 12.9. The van der Waals surface area contributed by atoms with Crippen LogP contribution in [0.4, 0.5) is 0 Å². The topological polar surface area (TPSA) is 59.2 Å². The number of pyridine rings is 1. The number of fused-ring (bicyclic) bond motifs is 1. The lowest BCUT2D eigenvalue weighted by atomic mass is 10.00. The largest absolute Gasteiger partial charge is 0.334 e. The van der Waals surface area contributed by atoms with Crippen molar-refractivity contribution in [1.82, 2.24) is 9.88 Å². The minimum Gasteiger partial charge on any atom is -0.334 e. The van der Waals surface area contributed by atoms with Gasteiger partial charge >= 0.3 is 0 Å². The fourth-order valence-electron chi connectivity index (χ4n) is 3.28. The molecule has 1 aromatic carbocycles. The SMILES string of the molecule is Cc1ccc2nc(C)c(C(=O)N3CCCC[C@@H]3CN)cc2c1. The number of rotatable bonds is 2. The molecule has 0 unspecified atom stereocenters. The maximum Gasteiger partial charge on any atom is 0.256 e. The highest BCUT2D eigenvalue weighted by Crippen LogP contribution is 2.23. The first-order valence-corrected chi connectivity index (χ1v) is 7.99. The number of carbonyl (C=O) groups is 1. The summed E-state index contributed by atoms with van der Waals surface area (Å²) in [5.41, 5.74) is 9.46. The van der Waals surface area contributed by atoms with Gasteiger partial charge in [-0.3, -0.25) is 9.78 Å². The van der Waals surface area contributed by atoms with Gasteiger partial charge < -0.3 is 10.6 Å². The first kappa shape index (κ1) is 15.0. The van der Waals surface area contributed by atoms with E-state index in [1.54, 1.807) is 0 Å². The molecule has 116 valence electrons. The summed E-state index contributed by atoms with van der Waals surface area (Å²) in [5.74, 6) is 0.0727. The first-order valence-electron chi connectivity index (χ1n) is 7.99. The van der Waals surface area contributed by atoms with E-state index in [1.807, 2.05) is 30.0 Å². The van der Waals surface area contributed by atoms with E-state index in [0.29, 0.717) is 12.1 Å². The average Bonchev–Trinajstić information content (AvgIpc) is 2.54. The highest BCUT2D eigenvalue weighted by atomic mass is 16.2. The number of nitrogens with zero attached hydrogens (tertiary/aromatic N) is 2. The number of carbonyl (C=O) groups excluding carboxylic acids is 1. The zero-order valence-electron chi connectivity index (χ0n) is 13.3. The van der Waals surface area contributed by atoms with E-state index in [4.69, 9.17) is 5.73 Å². The van der Waals surface area contributed by atoms with E-state index >= 15 is 0 Å². The van der Waals surface area contributed by atoms with Crippen LogP contribution in [-0.2, 0) is 0 Å². The monoisotopic (exact) mass is 297 g/mol. The average molecular weight is 297 g/mol. The molecule has 2 aromatic rings. The summed E-state index contributed by atoms with van der Waals surface area (Å²) in [6, 6.07) is 8.28. The summed E-state index contributed by atoms with van der Waals surface area (Å²) in [5, 5.41) is 1.02. The van der Waals surface area contributed by atoms with Gasteiger partial charge in [0, 0.05) is 24.5 Å². The Bertz CT molecular complexity index is 711. The number of amides is 1. The molecule has 4 heteroatoms. The summed E-state index contributed by atoms with van der Waals surface area (Å²) in [7, 11) is 0. The fourth-order valence-corrected chi connectivity index (χ4v) is 3.28. The van der Waals surface area contributed by atoms with Crippen LogP contribution >= 0.6 is 0 Å². The molecule has 3 rings (SSSR count). The van der Waals surface area contributed by atoms with E-state index in [1.165, 1.54) is 5.56 Å². The molecule has 1 atom stereocenters. The summed E-state index contributed by atoms with van der Waals surface area (Å²) >= 11 is 0. The Kier molecular flexibility index (Phi) is 4.12. The second-order valence-corrected chi connectivity index (χ2v) is 6.20. The van der Waals surface area contributed by atoms with Crippen LogP contribution in [-0.4, -0.2) is 34.9 Å². The van der Waals surface area contributed by atoms with Gasteiger partial charge in [-0.05, 0) is 51.3 Å². The zero-order chi connectivity index (χ0) is 15.7. The van der Waals surface area contributed by atoms with Gasteiger partial charge in [-0.2, -0.15) is 0 Å². The second kappa shape index (κ2) is 6.05. The normalized spacial score (nSPS) is 18.7. The van der Waals surface area contributed by atoms with Crippen LogP contribution in [0.1, 0.15) is 40.9 Å². The molecule has 4 nitrogen and oxygen atoms in total. The van der Waals surface area contributed by atoms with Crippen molar-refractivity contribution in [2.45, 2.75) is 39.2 Å². The Morgan fingerprint density at radius 1 is 1.32 bits per heavy atom. The molecule has 2 heterocycles. The molecule has 0 radical (unpaired) electrons. The Morgan fingerprint density at radius 3 is 2.91 bits per heavy atom. The lowest BCUT2D eigenvalue weighted by Gasteiger charge is -2.35. The van der Waals surface area contributed by atoms with Gasteiger partial charge in [-0.1, -0.05) is 11.6 Å². The number of hydrogen-bond acceptors (Lipinski definition) is 3. The third-order valence-corrected chi connectivity index (χ3v) is 4.55. The molecule has 1 aliphatic rings. The van der Waals surface area contributed by atoms with Crippen LogP contribution in [0.3, 0.4) is 0 Å². The lowest BCUT2D eigenvalue weighted by molar-refractivity contribution is 0.0622. The van der Waals surface area contributed by atoms with E-state index in [-0.39, 0.29) is 11.9 Å². The van der Waals surface area contributed by atoms with Gasteiger partial charge in [0.1, 0.15) is 0 Å². The quantitative estimate of drug-likeness (QED) is 0.927. The Hall–Kier alpha value is -1.94. The van der Waals surface area contributed by atoms with E-state index in [2.05, 4.69) is 18.0 Å². The highest BCUT2D eigenvalue weighted by Gasteiger charge is 2.27. The standard InChI is InChI=1S/C18H23N3O/c1-12-6-7-17-14(9-12)10-16(13(2)20-17)18(22)21-8-4-3-5-15(21)11-19/h6-7,9-10,15H,3-5,8,11,19H2,1-2H3/t15-/m1/s1. The van der Waals surface area contributed by atoms with E-state index in [9.17, 15) is 4.79 Å². The Balaban J connectivity index is 2.00. The predicted molar refractivity (Wildman–Crippen MR) is 88.9 cm³/mol. The fraction of sp³-hybridized carbons (Fsp3) is 0.444. The zero-order valence-corrected chi connectivity index (χ0v) is 13.3. The van der Waals surface area contributed by atoms with Crippen LogP contribution in [0.25, 0.3) is 10.9 Å².